The number of carbonyl (C=O) groups is 1. The summed E-state index contributed by atoms with van der Waals surface area (Å²) in [6.45, 7) is 3.81. The molecule has 1 aliphatic rings. The molecule has 2 heterocycles. The third kappa shape index (κ3) is 4.54. The highest BCUT2D eigenvalue weighted by Gasteiger charge is 2.26. The molecule has 8 nitrogen and oxygen atoms in total. The number of hydrogen-bond acceptors (Lipinski definition) is 6. The third-order valence-corrected chi connectivity index (χ3v) is 6.63. The molecule has 0 atom stereocenters. The number of sulfonamides is 1. The quantitative estimate of drug-likeness (QED) is 0.636. The van der Waals surface area contributed by atoms with Crippen molar-refractivity contribution in [2.24, 2.45) is 0 Å². The maximum Gasteiger partial charge on any atom is 0.262 e. The molecule has 1 fully saturated rings. The summed E-state index contributed by atoms with van der Waals surface area (Å²) < 4.78 is 41.7. The van der Waals surface area contributed by atoms with E-state index >= 15 is 0 Å². The van der Waals surface area contributed by atoms with Gasteiger partial charge in [0.15, 0.2) is 0 Å². The number of piperazine rings is 1. The van der Waals surface area contributed by atoms with E-state index in [0.29, 0.717) is 43.3 Å². The normalized spacial score (nSPS) is 14.3. The summed E-state index contributed by atoms with van der Waals surface area (Å²) in [5.41, 5.74) is 0.805. The zero-order chi connectivity index (χ0) is 22.7. The highest BCUT2D eigenvalue weighted by Crippen LogP contribution is 2.22. The summed E-state index contributed by atoms with van der Waals surface area (Å²) in [7, 11) is -4.07. The van der Waals surface area contributed by atoms with Crippen LogP contribution in [-0.4, -0.2) is 55.4 Å². The molecule has 4 rings (SSSR count). The lowest BCUT2D eigenvalue weighted by Gasteiger charge is -2.35. The lowest BCUT2D eigenvalue weighted by atomic mass is 10.1. The highest BCUT2D eigenvalue weighted by atomic mass is 32.2. The molecule has 0 spiro atoms. The summed E-state index contributed by atoms with van der Waals surface area (Å²) in [6.07, 6.45) is 3.34. The van der Waals surface area contributed by atoms with Gasteiger partial charge in [-0.25, -0.2) is 22.8 Å². The first kappa shape index (κ1) is 21.7. The van der Waals surface area contributed by atoms with Crippen LogP contribution in [-0.2, 0) is 10.0 Å². The average molecular weight is 456 g/mol. The number of aryl methyl sites for hydroxylation is 1. The van der Waals surface area contributed by atoms with Crippen molar-refractivity contribution in [3.05, 3.63) is 77.9 Å². The van der Waals surface area contributed by atoms with E-state index in [1.54, 1.807) is 36.4 Å². The van der Waals surface area contributed by atoms with Crippen LogP contribution < -0.4 is 9.62 Å². The van der Waals surface area contributed by atoms with Gasteiger partial charge in [0.2, 0.25) is 5.95 Å². The largest absolute Gasteiger partial charge is 0.337 e. The zero-order valence-corrected chi connectivity index (χ0v) is 18.2. The van der Waals surface area contributed by atoms with Crippen LogP contribution in [0.2, 0.25) is 0 Å². The SMILES string of the molecule is Cc1ccc(S(=O)(=O)Nc2ccccc2F)cc1C(=O)N1CCN(c2ncccn2)CC1. The van der Waals surface area contributed by atoms with E-state index in [0.717, 1.165) is 0 Å². The van der Waals surface area contributed by atoms with E-state index in [9.17, 15) is 17.6 Å². The van der Waals surface area contributed by atoms with Gasteiger partial charge in [0.25, 0.3) is 15.9 Å². The Hall–Kier alpha value is -3.53. The molecule has 166 valence electrons. The topological polar surface area (TPSA) is 95.5 Å². The Morgan fingerprint density at radius 3 is 2.38 bits per heavy atom. The molecule has 2 aromatic carbocycles. The molecule has 10 heteroatoms. The Balaban J connectivity index is 1.51. The van der Waals surface area contributed by atoms with Crippen LogP contribution in [0.15, 0.2) is 65.8 Å². The number of para-hydroxylation sites is 1. The molecule has 1 amide bonds. The molecule has 0 radical (unpaired) electrons. The fraction of sp³-hybridized carbons (Fsp3) is 0.227. The van der Waals surface area contributed by atoms with Gasteiger partial charge in [-0.15, -0.1) is 0 Å². The number of carbonyl (C=O) groups excluding carboxylic acids is 1. The Bertz CT molecular complexity index is 1230. The number of hydrogen-bond donors (Lipinski definition) is 1. The van der Waals surface area contributed by atoms with Crippen LogP contribution in [0.4, 0.5) is 16.0 Å². The predicted octanol–water partition coefficient (Wildman–Crippen LogP) is 2.69. The predicted molar refractivity (Wildman–Crippen MR) is 119 cm³/mol. The van der Waals surface area contributed by atoms with Crippen molar-refractivity contribution >= 4 is 27.6 Å². The standard InChI is InChI=1S/C22H22FN5O3S/c1-16-7-8-17(32(30,31)26-20-6-3-2-5-19(20)23)15-18(16)21(29)27-11-13-28(14-12-27)22-24-9-4-10-25-22/h2-10,15,26H,11-14H2,1H3. The van der Waals surface area contributed by atoms with Gasteiger partial charge in [0.1, 0.15) is 5.82 Å². The fourth-order valence-electron chi connectivity index (χ4n) is 3.48. The molecular formula is C22H22FN5O3S. The Morgan fingerprint density at radius 2 is 1.69 bits per heavy atom. The van der Waals surface area contributed by atoms with E-state index < -0.39 is 15.8 Å². The first-order chi connectivity index (χ1) is 15.3. The molecule has 0 unspecified atom stereocenters. The van der Waals surface area contributed by atoms with Crippen LogP contribution in [0.25, 0.3) is 0 Å². The average Bonchev–Trinajstić information content (AvgIpc) is 2.81. The van der Waals surface area contributed by atoms with Crippen molar-refractivity contribution in [2.45, 2.75) is 11.8 Å². The van der Waals surface area contributed by atoms with Crippen molar-refractivity contribution in [2.75, 3.05) is 35.8 Å². The molecule has 1 saturated heterocycles. The second kappa shape index (κ2) is 8.91. The number of rotatable bonds is 5. The van der Waals surface area contributed by atoms with Gasteiger partial charge in [-0.2, -0.15) is 0 Å². The first-order valence-corrected chi connectivity index (χ1v) is 11.5. The second-order valence-electron chi connectivity index (χ2n) is 7.39. The van der Waals surface area contributed by atoms with Gasteiger partial charge < -0.3 is 9.80 Å². The van der Waals surface area contributed by atoms with Crippen LogP contribution >= 0.6 is 0 Å². The molecule has 1 N–H and O–H groups in total. The Morgan fingerprint density at radius 1 is 1.00 bits per heavy atom. The van der Waals surface area contributed by atoms with Gasteiger partial charge in [0, 0.05) is 44.1 Å². The van der Waals surface area contributed by atoms with E-state index in [4.69, 9.17) is 0 Å². The van der Waals surface area contributed by atoms with Gasteiger partial charge in [-0.1, -0.05) is 18.2 Å². The van der Waals surface area contributed by atoms with Gasteiger partial charge in [-0.3, -0.25) is 9.52 Å². The minimum Gasteiger partial charge on any atom is -0.337 e. The maximum atomic E-state index is 13.9. The smallest absolute Gasteiger partial charge is 0.262 e. The molecule has 0 bridgehead atoms. The van der Waals surface area contributed by atoms with Crippen molar-refractivity contribution in [3.8, 4) is 0 Å². The monoisotopic (exact) mass is 455 g/mol. The Kier molecular flexibility index (Phi) is 6.04. The van der Waals surface area contributed by atoms with Gasteiger partial charge in [0.05, 0.1) is 10.6 Å². The van der Waals surface area contributed by atoms with Crippen LogP contribution in [0.1, 0.15) is 15.9 Å². The number of nitrogens with zero attached hydrogens (tertiary/aromatic N) is 4. The molecule has 0 aliphatic carbocycles. The summed E-state index contributed by atoms with van der Waals surface area (Å²) >= 11 is 0. The fourth-order valence-corrected chi connectivity index (χ4v) is 4.57. The van der Waals surface area contributed by atoms with Crippen molar-refractivity contribution in [1.29, 1.82) is 0 Å². The van der Waals surface area contributed by atoms with E-state index in [-0.39, 0.29) is 16.5 Å². The molecule has 32 heavy (non-hydrogen) atoms. The number of aromatic nitrogens is 2. The summed E-state index contributed by atoms with van der Waals surface area (Å²) in [4.78, 5) is 25.2. The van der Waals surface area contributed by atoms with E-state index in [1.165, 1.54) is 36.4 Å². The lowest BCUT2D eigenvalue weighted by Crippen LogP contribution is -2.49. The maximum absolute atomic E-state index is 13.9. The van der Waals surface area contributed by atoms with E-state index in [2.05, 4.69) is 14.7 Å². The molecule has 1 aliphatic heterocycles. The van der Waals surface area contributed by atoms with Crippen LogP contribution in [0, 0.1) is 12.7 Å². The van der Waals surface area contributed by atoms with Gasteiger partial charge in [-0.05, 0) is 42.8 Å². The second-order valence-corrected chi connectivity index (χ2v) is 9.07. The van der Waals surface area contributed by atoms with Crippen LogP contribution in [0.5, 0.6) is 0 Å². The molecular weight excluding hydrogens is 433 g/mol. The number of nitrogens with one attached hydrogen (secondary N) is 1. The van der Waals surface area contributed by atoms with Crippen molar-refractivity contribution < 1.29 is 17.6 Å². The lowest BCUT2D eigenvalue weighted by molar-refractivity contribution is 0.0745. The minimum absolute atomic E-state index is 0.106. The highest BCUT2D eigenvalue weighted by molar-refractivity contribution is 7.92. The van der Waals surface area contributed by atoms with Crippen molar-refractivity contribution in [1.82, 2.24) is 14.9 Å². The Labute approximate surface area is 185 Å². The number of anilines is 2. The summed E-state index contributed by atoms with van der Waals surface area (Å²) in [5.74, 6) is -0.318. The first-order valence-electron chi connectivity index (χ1n) is 10.0. The number of halogens is 1. The number of benzene rings is 2. The van der Waals surface area contributed by atoms with Gasteiger partial charge >= 0.3 is 0 Å². The zero-order valence-electron chi connectivity index (χ0n) is 17.4. The van der Waals surface area contributed by atoms with Crippen LogP contribution in [0.3, 0.4) is 0 Å². The summed E-state index contributed by atoms with van der Waals surface area (Å²) in [6, 6.07) is 11.6. The molecule has 0 saturated carbocycles. The van der Waals surface area contributed by atoms with E-state index in [1.807, 2.05) is 4.90 Å². The summed E-state index contributed by atoms with van der Waals surface area (Å²) in [5, 5.41) is 0. The molecule has 3 aromatic rings. The van der Waals surface area contributed by atoms with Crippen molar-refractivity contribution in [3.63, 3.8) is 0 Å². The minimum atomic E-state index is -4.07. The molecule has 1 aromatic heterocycles. The number of amides is 1. The third-order valence-electron chi connectivity index (χ3n) is 5.27.